The van der Waals surface area contributed by atoms with Gasteiger partial charge in [0.25, 0.3) is 0 Å². The highest BCUT2D eigenvalue weighted by atomic mass is 16.5. The third-order valence-electron chi connectivity index (χ3n) is 1.18. The first-order valence-corrected chi connectivity index (χ1v) is 3.67. The minimum Gasteiger partial charge on any atom is -0.403 e. The molecular weight excluding hydrogens is 140 g/mol. The van der Waals surface area contributed by atoms with Crippen LogP contribution in [0.15, 0.2) is 24.0 Å². The quantitative estimate of drug-likeness (QED) is 0.590. The summed E-state index contributed by atoms with van der Waals surface area (Å²) in [5.74, 6) is 0. The van der Waals surface area contributed by atoms with E-state index in [-0.39, 0.29) is 6.10 Å². The zero-order chi connectivity index (χ0) is 8.69. The Bertz CT molecular complexity index is 152. The van der Waals surface area contributed by atoms with E-state index in [0.717, 1.165) is 0 Å². The van der Waals surface area contributed by atoms with Crippen molar-refractivity contribution in [2.45, 2.75) is 20.0 Å². The van der Waals surface area contributed by atoms with Crippen LogP contribution in [0.5, 0.6) is 0 Å². The fourth-order valence-corrected chi connectivity index (χ4v) is 0.621. The summed E-state index contributed by atoms with van der Waals surface area (Å²) in [5, 5.41) is 0. The van der Waals surface area contributed by atoms with Crippen LogP contribution in [0.3, 0.4) is 0 Å². The van der Waals surface area contributed by atoms with Crippen LogP contribution < -0.4 is 11.5 Å². The lowest BCUT2D eigenvalue weighted by Crippen LogP contribution is -2.05. The van der Waals surface area contributed by atoms with Crippen molar-refractivity contribution in [1.29, 1.82) is 0 Å². The highest BCUT2D eigenvalue weighted by Gasteiger charge is 1.92. The zero-order valence-electron chi connectivity index (χ0n) is 7.08. The van der Waals surface area contributed by atoms with Crippen LogP contribution in [0, 0.1) is 0 Å². The zero-order valence-corrected chi connectivity index (χ0v) is 7.08. The summed E-state index contributed by atoms with van der Waals surface area (Å²) in [6.07, 6.45) is 5.05. The van der Waals surface area contributed by atoms with Crippen molar-refractivity contribution in [2.75, 3.05) is 6.61 Å². The van der Waals surface area contributed by atoms with Crippen molar-refractivity contribution in [3.63, 3.8) is 0 Å². The van der Waals surface area contributed by atoms with Crippen molar-refractivity contribution >= 4 is 0 Å². The molecule has 3 nitrogen and oxygen atoms in total. The normalized spacial score (nSPS) is 15.6. The number of nitrogens with two attached hydrogens (primary N) is 2. The van der Waals surface area contributed by atoms with Gasteiger partial charge < -0.3 is 16.2 Å². The molecule has 11 heavy (non-hydrogen) atoms. The standard InChI is InChI=1S/C8H16N2O/c1-3-11-7(2)4-5-8(10)6-9/h4-7H,3,9-10H2,1-2H3/b5-4-,8-6+. The van der Waals surface area contributed by atoms with E-state index in [1.54, 1.807) is 6.08 Å². The summed E-state index contributed by atoms with van der Waals surface area (Å²) < 4.78 is 5.23. The molecule has 0 bridgehead atoms. The number of rotatable bonds is 4. The van der Waals surface area contributed by atoms with Crippen LogP contribution in [-0.4, -0.2) is 12.7 Å². The summed E-state index contributed by atoms with van der Waals surface area (Å²) in [5.41, 5.74) is 11.1. The molecule has 0 aromatic heterocycles. The monoisotopic (exact) mass is 156 g/mol. The molecular formula is C8H16N2O. The van der Waals surface area contributed by atoms with E-state index in [1.807, 2.05) is 19.9 Å². The maximum absolute atomic E-state index is 5.41. The van der Waals surface area contributed by atoms with Gasteiger partial charge in [0.05, 0.1) is 6.10 Å². The van der Waals surface area contributed by atoms with Gasteiger partial charge in [-0.05, 0) is 19.9 Å². The van der Waals surface area contributed by atoms with E-state index in [9.17, 15) is 0 Å². The van der Waals surface area contributed by atoms with Crippen molar-refractivity contribution in [3.8, 4) is 0 Å². The third-order valence-corrected chi connectivity index (χ3v) is 1.18. The van der Waals surface area contributed by atoms with Gasteiger partial charge in [-0.3, -0.25) is 0 Å². The van der Waals surface area contributed by atoms with Crippen molar-refractivity contribution in [1.82, 2.24) is 0 Å². The van der Waals surface area contributed by atoms with Crippen LogP contribution in [0.1, 0.15) is 13.8 Å². The van der Waals surface area contributed by atoms with Gasteiger partial charge in [-0.25, -0.2) is 0 Å². The first-order valence-electron chi connectivity index (χ1n) is 3.67. The average Bonchev–Trinajstić information content (AvgIpc) is 2.01. The Labute approximate surface area is 67.7 Å². The van der Waals surface area contributed by atoms with E-state index >= 15 is 0 Å². The predicted octanol–water partition coefficient (Wildman–Crippen LogP) is 0.726. The van der Waals surface area contributed by atoms with Gasteiger partial charge in [-0.15, -0.1) is 0 Å². The van der Waals surface area contributed by atoms with E-state index in [2.05, 4.69) is 0 Å². The maximum atomic E-state index is 5.41. The van der Waals surface area contributed by atoms with Crippen molar-refractivity contribution < 1.29 is 4.74 Å². The number of hydrogen-bond acceptors (Lipinski definition) is 3. The lowest BCUT2D eigenvalue weighted by atomic mass is 10.3. The van der Waals surface area contributed by atoms with Crippen molar-refractivity contribution in [2.24, 2.45) is 11.5 Å². The number of hydrogen-bond donors (Lipinski definition) is 2. The summed E-state index contributed by atoms with van der Waals surface area (Å²) in [4.78, 5) is 0. The van der Waals surface area contributed by atoms with Gasteiger partial charge in [0, 0.05) is 18.5 Å². The third kappa shape index (κ3) is 5.48. The van der Waals surface area contributed by atoms with Gasteiger partial charge in [-0.1, -0.05) is 6.08 Å². The number of ether oxygens (including phenoxy) is 1. The van der Waals surface area contributed by atoms with Crippen LogP contribution in [-0.2, 0) is 4.74 Å². The molecule has 1 unspecified atom stereocenters. The van der Waals surface area contributed by atoms with E-state index in [1.165, 1.54) is 6.20 Å². The Kier molecular flexibility index (Phi) is 5.29. The highest BCUT2D eigenvalue weighted by molar-refractivity contribution is 5.14. The molecule has 0 heterocycles. The first kappa shape index (κ1) is 10.0. The summed E-state index contributed by atoms with van der Waals surface area (Å²) in [6.45, 7) is 4.61. The van der Waals surface area contributed by atoms with Gasteiger partial charge >= 0.3 is 0 Å². The van der Waals surface area contributed by atoms with E-state index < -0.39 is 0 Å². The lowest BCUT2D eigenvalue weighted by Gasteiger charge is -2.04. The molecule has 0 aliphatic carbocycles. The topological polar surface area (TPSA) is 61.3 Å². The largest absolute Gasteiger partial charge is 0.403 e. The molecule has 0 fully saturated rings. The minimum atomic E-state index is 0.0958. The molecule has 0 amide bonds. The Balaban J connectivity index is 3.72. The average molecular weight is 156 g/mol. The molecule has 64 valence electrons. The molecule has 0 saturated heterocycles. The van der Waals surface area contributed by atoms with Crippen LogP contribution in [0.4, 0.5) is 0 Å². The fraction of sp³-hybridized carbons (Fsp3) is 0.500. The molecule has 0 radical (unpaired) electrons. The predicted molar refractivity (Wildman–Crippen MR) is 46.7 cm³/mol. The maximum Gasteiger partial charge on any atom is 0.0731 e. The van der Waals surface area contributed by atoms with E-state index in [4.69, 9.17) is 16.2 Å². The lowest BCUT2D eigenvalue weighted by molar-refractivity contribution is 0.109. The van der Waals surface area contributed by atoms with E-state index in [0.29, 0.717) is 12.3 Å². The van der Waals surface area contributed by atoms with Gasteiger partial charge in [-0.2, -0.15) is 0 Å². The first-order chi connectivity index (χ1) is 5.20. The Morgan fingerprint density at radius 1 is 1.64 bits per heavy atom. The molecule has 0 aromatic carbocycles. The fourth-order valence-electron chi connectivity index (χ4n) is 0.621. The van der Waals surface area contributed by atoms with Gasteiger partial charge in [0.2, 0.25) is 0 Å². The van der Waals surface area contributed by atoms with Crippen LogP contribution in [0.25, 0.3) is 0 Å². The molecule has 0 aromatic rings. The summed E-state index contributed by atoms with van der Waals surface area (Å²) >= 11 is 0. The second-order valence-corrected chi connectivity index (χ2v) is 2.19. The summed E-state index contributed by atoms with van der Waals surface area (Å²) in [7, 11) is 0. The molecule has 0 aliphatic heterocycles. The smallest absolute Gasteiger partial charge is 0.0731 e. The van der Waals surface area contributed by atoms with Gasteiger partial charge in [0.15, 0.2) is 0 Å². The van der Waals surface area contributed by atoms with Crippen LogP contribution in [0.2, 0.25) is 0 Å². The molecule has 3 heteroatoms. The molecule has 0 saturated carbocycles. The molecule has 4 N–H and O–H groups in total. The molecule has 0 spiro atoms. The van der Waals surface area contributed by atoms with Crippen LogP contribution >= 0.6 is 0 Å². The highest BCUT2D eigenvalue weighted by Crippen LogP contribution is 1.94. The Morgan fingerprint density at radius 2 is 2.27 bits per heavy atom. The number of allylic oxidation sites excluding steroid dienone is 1. The second kappa shape index (κ2) is 5.80. The molecule has 1 atom stereocenters. The second-order valence-electron chi connectivity index (χ2n) is 2.19. The minimum absolute atomic E-state index is 0.0958. The molecule has 0 rings (SSSR count). The SMILES string of the molecule is CCOC(C)/C=C\C(N)=C/N. The van der Waals surface area contributed by atoms with Crippen molar-refractivity contribution in [3.05, 3.63) is 24.0 Å². The van der Waals surface area contributed by atoms with Gasteiger partial charge in [0.1, 0.15) is 0 Å². The molecule has 0 aliphatic rings. The summed E-state index contributed by atoms with van der Waals surface area (Å²) in [6, 6.07) is 0. The Morgan fingerprint density at radius 3 is 2.73 bits per heavy atom. The Hall–Kier alpha value is -0.960.